The Morgan fingerprint density at radius 2 is 1.64 bits per heavy atom. The van der Waals surface area contributed by atoms with Crippen LogP contribution in [0.5, 0.6) is 0 Å². The van der Waals surface area contributed by atoms with Crippen molar-refractivity contribution in [3.63, 3.8) is 0 Å². The van der Waals surface area contributed by atoms with Gasteiger partial charge in [-0.2, -0.15) is 0 Å². The second-order valence-corrected chi connectivity index (χ2v) is 7.38. The van der Waals surface area contributed by atoms with Gasteiger partial charge in [0.1, 0.15) is 0 Å². The van der Waals surface area contributed by atoms with E-state index in [1.54, 1.807) is 0 Å². The minimum absolute atomic E-state index is 0.227. The third kappa shape index (κ3) is 12.3. The zero-order chi connectivity index (χ0) is 19.4. The molecule has 2 aliphatic heterocycles. The Morgan fingerprint density at radius 1 is 1.08 bits per heavy atom. The normalized spacial score (nSPS) is 23.0. The van der Waals surface area contributed by atoms with Crippen LogP contribution in [0.2, 0.25) is 0 Å². The Hall–Kier alpha value is -0.740. The standard InChI is InChI=1S/C8H17N3O.C6H14N2.C2H4BrNO/c1-10(2)7-3-4-11(5-7)6-8(9)12;1-8(2)6-3-4-7-5-6;3-1-2(4)5/h7H,3-6H2,1-2H3,(H2,9,12);6-7H,3-5H2,1-2H3;1H2,(H2,4,5)/t7-;6-;/m11./s1. The molecule has 0 bridgehead atoms. The number of rotatable bonds is 5. The molecule has 9 heteroatoms. The first kappa shape index (κ1) is 24.3. The van der Waals surface area contributed by atoms with E-state index in [9.17, 15) is 9.59 Å². The highest BCUT2D eigenvalue weighted by molar-refractivity contribution is 9.09. The molecule has 0 aromatic heterocycles. The van der Waals surface area contributed by atoms with E-state index in [1.165, 1.54) is 19.5 Å². The van der Waals surface area contributed by atoms with E-state index in [-0.39, 0.29) is 17.1 Å². The first-order valence-corrected chi connectivity index (χ1v) is 9.68. The fourth-order valence-corrected chi connectivity index (χ4v) is 2.68. The van der Waals surface area contributed by atoms with Crippen molar-refractivity contribution in [1.82, 2.24) is 20.0 Å². The van der Waals surface area contributed by atoms with Gasteiger partial charge in [0.05, 0.1) is 11.9 Å². The molecule has 2 saturated heterocycles. The second kappa shape index (κ2) is 13.5. The molecule has 2 amide bonds. The van der Waals surface area contributed by atoms with Gasteiger partial charge in [-0.05, 0) is 47.6 Å². The number of nitrogens with two attached hydrogens (primary N) is 2. The van der Waals surface area contributed by atoms with Crippen LogP contribution in [0.15, 0.2) is 0 Å². The number of primary amides is 2. The van der Waals surface area contributed by atoms with Crippen LogP contribution in [0.25, 0.3) is 0 Å². The fraction of sp³-hybridized carbons (Fsp3) is 0.875. The number of halogens is 1. The molecule has 2 atom stereocenters. The van der Waals surface area contributed by atoms with E-state index in [0.29, 0.717) is 12.6 Å². The number of amides is 2. The molecular formula is C16H35BrN6O2. The van der Waals surface area contributed by atoms with Gasteiger partial charge in [0.25, 0.3) is 0 Å². The molecule has 0 radical (unpaired) electrons. The Bertz CT molecular complexity index is 389. The maximum atomic E-state index is 10.6. The summed E-state index contributed by atoms with van der Waals surface area (Å²) in [4.78, 5) is 26.7. The summed E-state index contributed by atoms with van der Waals surface area (Å²) in [6, 6.07) is 1.37. The summed E-state index contributed by atoms with van der Waals surface area (Å²) < 4.78 is 0. The van der Waals surface area contributed by atoms with Crippen LogP contribution in [-0.2, 0) is 9.59 Å². The van der Waals surface area contributed by atoms with Gasteiger partial charge >= 0.3 is 0 Å². The van der Waals surface area contributed by atoms with Crippen LogP contribution < -0.4 is 16.8 Å². The Labute approximate surface area is 160 Å². The van der Waals surface area contributed by atoms with Gasteiger partial charge in [0.2, 0.25) is 11.8 Å². The summed E-state index contributed by atoms with van der Waals surface area (Å²) in [6.07, 6.45) is 2.45. The van der Waals surface area contributed by atoms with Gasteiger partial charge in [-0.25, -0.2) is 0 Å². The van der Waals surface area contributed by atoms with E-state index in [2.05, 4.69) is 69.9 Å². The van der Waals surface area contributed by atoms with Crippen molar-refractivity contribution in [3.05, 3.63) is 0 Å². The van der Waals surface area contributed by atoms with Gasteiger partial charge in [0, 0.05) is 31.7 Å². The third-order valence-electron chi connectivity index (χ3n) is 4.25. The molecule has 0 aliphatic carbocycles. The molecule has 2 aliphatic rings. The fourth-order valence-electron chi connectivity index (χ4n) is 2.68. The number of hydrogen-bond acceptors (Lipinski definition) is 6. The van der Waals surface area contributed by atoms with Crippen LogP contribution in [-0.4, -0.2) is 105 Å². The molecule has 25 heavy (non-hydrogen) atoms. The molecule has 2 rings (SSSR count). The minimum Gasteiger partial charge on any atom is -0.369 e. The number of nitrogens with one attached hydrogen (secondary N) is 1. The van der Waals surface area contributed by atoms with Crippen LogP contribution in [0.3, 0.4) is 0 Å². The summed E-state index contributed by atoms with van der Waals surface area (Å²) in [6.45, 7) is 4.74. The zero-order valence-corrected chi connectivity index (χ0v) is 17.6. The lowest BCUT2D eigenvalue weighted by Gasteiger charge is -2.19. The molecule has 0 saturated carbocycles. The lowest BCUT2D eigenvalue weighted by molar-refractivity contribution is -0.119. The number of likely N-dealkylation sites (N-methyl/N-ethyl adjacent to an activating group) is 2. The van der Waals surface area contributed by atoms with Crippen molar-refractivity contribution in [2.24, 2.45) is 11.5 Å². The molecule has 148 valence electrons. The lowest BCUT2D eigenvalue weighted by Crippen LogP contribution is -2.35. The topological polar surface area (TPSA) is 108 Å². The molecule has 8 nitrogen and oxygen atoms in total. The van der Waals surface area contributed by atoms with Gasteiger partial charge in [-0.1, -0.05) is 15.9 Å². The number of likely N-dealkylation sites (tertiary alicyclic amines) is 1. The van der Waals surface area contributed by atoms with Crippen molar-refractivity contribution < 1.29 is 9.59 Å². The average molecular weight is 423 g/mol. The van der Waals surface area contributed by atoms with E-state index >= 15 is 0 Å². The molecule has 0 spiro atoms. The molecule has 5 N–H and O–H groups in total. The second-order valence-electron chi connectivity index (χ2n) is 6.82. The van der Waals surface area contributed by atoms with Crippen LogP contribution in [0.1, 0.15) is 12.8 Å². The number of hydrogen-bond donors (Lipinski definition) is 3. The number of alkyl halides is 1. The maximum absolute atomic E-state index is 10.6. The summed E-state index contributed by atoms with van der Waals surface area (Å²) in [5.41, 5.74) is 9.71. The number of carbonyl (C=O) groups excluding carboxylic acids is 2. The van der Waals surface area contributed by atoms with E-state index < -0.39 is 0 Å². The average Bonchev–Trinajstić information content (AvgIpc) is 3.19. The first-order valence-electron chi connectivity index (χ1n) is 8.55. The summed E-state index contributed by atoms with van der Waals surface area (Å²) in [5, 5.41) is 3.57. The lowest BCUT2D eigenvalue weighted by atomic mass is 10.2. The van der Waals surface area contributed by atoms with Crippen LogP contribution in [0.4, 0.5) is 0 Å². The first-order chi connectivity index (χ1) is 11.7. The van der Waals surface area contributed by atoms with Crippen molar-refractivity contribution in [3.8, 4) is 0 Å². The van der Waals surface area contributed by atoms with Crippen molar-refractivity contribution in [2.75, 3.05) is 66.2 Å². The maximum Gasteiger partial charge on any atom is 0.231 e. The molecule has 2 fully saturated rings. The van der Waals surface area contributed by atoms with E-state index in [1.807, 2.05) is 0 Å². The Morgan fingerprint density at radius 3 is 1.92 bits per heavy atom. The SMILES string of the molecule is CN(C)[C@@H]1CCN(CC(N)=O)C1.CN(C)[C@@H]1CCNC1.NC(=O)CBr. The smallest absolute Gasteiger partial charge is 0.231 e. The predicted molar refractivity (Wildman–Crippen MR) is 106 cm³/mol. The molecular weight excluding hydrogens is 388 g/mol. The Balaban J connectivity index is 0.000000382. The number of carbonyl (C=O) groups is 2. The monoisotopic (exact) mass is 422 g/mol. The van der Waals surface area contributed by atoms with E-state index in [4.69, 9.17) is 5.73 Å². The Kier molecular flexibility index (Phi) is 13.1. The van der Waals surface area contributed by atoms with E-state index in [0.717, 1.165) is 25.6 Å². The minimum atomic E-state index is -0.329. The molecule has 0 unspecified atom stereocenters. The highest BCUT2D eigenvalue weighted by Gasteiger charge is 2.24. The summed E-state index contributed by atoms with van der Waals surface area (Å²) in [7, 11) is 8.41. The van der Waals surface area contributed by atoms with Gasteiger partial charge in [0.15, 0.2) is 0 Å². The van der Waals surface area contributed by atoms with Crippen LogP contribution >= 0.6 is 15.9 Å². The van der Waals surface area contributed by atoms with Crippen molar-refractivity contribution >= 4 is 27.7 Å². The van der Waals surface area contributed by atoms with Crippen LogP contribution in [0, 0.1) is 0 Å². The highest BCUT2D eigenvalue weighted by Crippen LogP contribution is 2.11. The summed E-state index contributed by atoms with van der Waals surface area (Å²) in [5.74, 6) is -0.556. The third-order valence-corrected chi connectivity index (χ3v) is 4.81. The van der Waals surface area contributed by atoms with Crippen molar-refractivity contribution in [2.45, 2.75) is 24.9 Å². The van der Waals surface area contributed by atoms with Gasteiger partial charge in [-0.3, -0.25) is 14.5 Å². The predicted octanol–water partition coefficient (Wildman–Crippen LogP) is -1.12. The molecule has 0 aromatic rings. The molecule has 0 aromatic carbocycles. The molecule has 2 heterocycles. The summed E-state index contributed by atoms with van der Waals surface area (Å²) >= 11 is 2.84. The van der Waals surface area contributed by atoms with Gasteiger partial charge < -0.3 is 26.6 Å². The quantitative estimate of drug-likeness (QED) is 0.484. The van der Waals surface area contributed by atoms with Crippen molar-refractivity contribution in [1.29, 1.82) is 0 Å². The highest BCUT2D eigenvalue weighted by atomic mass is 79.9. The zero-order valence-electron chi connectivity index (χ0n) is 16.0. The number of nitrogens with zero attached hydrogens (tertiary/aromatic N) is 3. The largest absolute Gasteiger partial charge is 0.369 e. The van der Waals surface area contributed by atoms with Gasteiger partial charge in [-0.15, -0.1) is 0 Å².